The van der Waals surface area contributed by atoms with Crippen LogP contribution in [0, 0.1) is 6.92 Å². The molecular formula is C12H20N2O. The van der Waals surface area contributed by atoms with E-state index in [1.54, 1.807) is 7.11 Å². The van der Waals surface area contributed by atoms with Crippen molar-refractivity contribution in [2.45, 2.75) is 32.7 Å². The molecule has 3 nitrogen and oxygen atoms in total. The monoisotopic (exact) mass is 208 g/mol. The molecule has 1 unspecified atom stereocenters. The van der Waals surface area contributed by atoms with E-state index >= 15 is 0 Å². The lowest BCUT2D eigenvalue weighted by Crippen LogP contribution is -2.28. The molecule has 15 heavy (non-hydrogen) atoms. The van der Waals surface area contributed by atoms with Gasteiger partial charge in [-0.1, -0.05) is 25.5 Å². The molecule has 0 saturated heterocycles. The number of methoxy groups -OCH3 is 1. The fraction of sp³-hybridized carbons (Fsp3) is 0.500. The van der Waals surface area contributed by atoms with Gasteiger partial charge in [0.15, 0.2) is 0 Å². The fourth-order valence-corrected chi connectivity index (χ4v) is 1.72. The third kappa shape index (κ3) is 2.94. The predicted molar refractivity (Wildman–Crippen MR) is 62.7 cm³/mol. The van der Waals surface area contributed by atoms with E-state index in [1.165, 1.54) is 5.56 Å². The van der Waals surface area contributed by atoms with E-state index in [1.807, 2.05) is 6.07 Å². The van der Waals surface area contributed by atoms with Crippen molar-refractivity contribution in [3.05, 3.63) is 29.3 Å². The summed E-state index contributed by atoms with van der Waals surface area (Å²) in [6.07, 6.45) is 2.10. The summed E-state index contributed by atoms with van der Waals surface area (Å²) < 4.78 is 5.36. The Balaban J connectivity index is 2.99. The summed E-state index contributed by atoms with van der Waals surface area (Å²) in [6, 6.07) is 6.37. The maximum atomic E-state index is 5.55. The van der Waals surface area contributed by atoms with E-state index in [9.17, 15) is 0 Å². The highest BCUT2D eigenvalue weighted by Crippen LogP contribution is 2.28. The number of aryl methyl sites for hydroxylation is 1. The van der Waals surface area contributed by atoms with Gasteiger partial charge < -0.3 is 4.74 Å². The quantitative estimate of drug-likeness (QED) is 0.576. The molecule has 0 amide bonds. The van der Waals surface area contributed by atoms with Crippen LogP contribution in [-0.2, 0) is 0 Å². The normalized spacial score (nSPS) is 12.5. The number of hydrogen-bond acceptors (Lipinski definition) is 3. The van der Waals surface area contributed by atoms with Crippen LogP contribution in [0.1, 0.15) is 36.9 Å². The molecule has 0 aliphatic carbocycles. The van der Waals surface area contributed by atoms with Crippen molar-refractivity contribution in [2.75, 3.05) is 7.11 Å². The van der Waals surface area contributed by atoms with Crippen molar-refractivity contribution >= 4 is 0 Å². The predicted octanol–water partition coefficient (Wildman–Crippen LogP) is 2.31. The van der Waals surface area contributed by atoms with Crippen LogP contribution in [0.4, 0.5) is 0 Å². The van der Waals surface area contributed by atoms with Crippen LogP contribution in [-0.4, -0.2) is 7.11 Å². The average molecular weight is 208 g/mol. The molecule has 1 rings (SSSR count). The fourth-order valence-electron chi connectivity index (χ4n) is 1.72. The number of benzene rings is 1. The molecule has 0 fully saturated rings. The first kappa shape index (κ1) is 12.0. The van der Waals surface area contributed by atoms with Gasteiger partial charge in [-0.3, -0.25) is 11.3 Å². The van der Waals surface area contributed by atoms with Gasteiger partial charge in [0.1, 0.15) is 5.75 Å². The van der Waals surface area contributed by atoms with Crippen LogP contribution >= 0.6 is 0 Å². The number of nitrogens with two attached hydrogens (primary N) is 1. The van der Waals surface area contributed by atoms with Crippen LogP contribution in [0.15, 0.2) is 18.2 Å². The van der Waals surface area contributed by atoms with Crippen molar-refractivity contribution in [3.8, 4) is 5.75 Å². The van der Waals surface area contributed by atoms with Crippen molar-refractivity contribution in [3.63, 3.8) is 0 Å². The third-order valence-electron chi connectivity index (χ3n) is 2.54. The molecule has 1 atom stereocenters. The Morgan fingerprint density at radius 2 is 2.20 bits per heavy atom. The first-order valence-corrected chi connectivity index (χ1v) is 5.33. The summed E-state index contributed by atoms with van der Waals surface area (Å²) in [7, 11) is 1.69. The topological polar surface area (TPSA) is 47.3 Å². The highest BCUT2D eigenvalue weighted by atomic mass is 16.5. The summed E-state index contributed by atoms with van der Waals surface area (Å²) >= 11 is 0. The molecule has 3 N–H and O–H groups in total. The Bertz CT molecular complexity index is 312. The molecule has 3 heteroatoms. The highest BCUT2D eigenvalue weighted by Gasteiger charge is 2.13. The molecule has 0 aliphatic rings. The van der Waals surface area contributed by atoms with Crippen molar-refractivity contribution in [2.24, 2.45) is 5.84 Å². The second kappa shape index (κ2) is 5.73. The maximum Gasteiger partial charge on any atom is 0.123 e. The second-order valence-corrected chi connectivity index (χ2v) is 3.75. The van der Waals surface area contributed by atoms with Gasteiger partial charge in [0.05, 0.1) is 7.11 Å². The Labute approximate surface area is 91.6 Å². The number of hydrazine groups is 1. The average Bonchev–Trinajstić information content (AvgIpc) is 2.26. The molecule has 0 bridgehead atoms. The third-order valence-corrected chi connectivity index (χ3v) is 2.54. The lowest BCUT2D eigenvalue weighted by atomic mass is 10.0. The lowest BCUT2D eigenvalue weighted by molar-refractivity contribution is 0.395. The van der Waals surface area contributed by atoms with Gasteiger partial charge in [-0.25, -0.2) is 0 Å². The number of hydrogen-bond donors (Lipinski definition) is 2. The van der Waals surface area contributed by atoms with Crippen LogP contribution in [0.5, 0.6) is 5.75 Å². The molecule has 0 heterocycles. The molecule has 0 aromatic heterocycles. The van der Waals surface area contributed by atoms with Crippen LogP contribution in [0.3, 0.4) is 0 Å². The van der Waals surface area contributed by atoms with E-state index in [-0.39, 0.29) is 6.04 Å². The molecule has 0 radical (unpaired) electrons. The van der Waals surface area contributed by atoms with E-state index in [0.29, 0.717) is 0 Å². The van der Waals surface area contributed by atoms with E-state index in [2.05, 4.69) is 31.4 Å². The molecular weight excluding hydrogens is 188 g/mol. The van der Waals surface area contributed by atoms with Gasteiger partial charge in [0, 0.05) is 11.6 Å². The summed E-state index contributed by atoms with van der Waals surface area (Å²) in [5.74, 6) is 6.46. The first-order chi connectivity index (χ1) is 7.22. The van der Waals surface area contributed by atoms with Crippen molar-refractivity contribution in [1.82, 2.24) is 5.43 Å². The molecule has 0 spiro atoms. The number of nitrogens with one attached hydrogen (secondary N) is 1. The zero-order valence-electron chi connectivity index (χ0n) is 9.71. The van der Waals surface area contributed by atoms with Gasteiger partial charge in [0.2, 0.25) is 0 Å². The van der Waals surface area contributed by atoms with Gasteiger partial charge >= 0.3 is 0 Å². The minimum Gasteiger partial charge on any atom is -0.496 e. The Hall–Kier alpha value is -1.06. The number of ether oxygens (including phenoxy) is 1. The van der Waals surface area contributed by atoms with E-state index in [4.69, 9.17) is 10.6 Å². The van der Waals surface area contributed by atoms with Crippen LogP contribution in [0.2, 0.25) is 0 Å². The summed E-state index contributed by atoms with van der Waals surface area (Å²) in [4.78, 5) is 0. The highest BCUT2D eigenvalue weighted by molar-refractivity contribution is 5.39. The smallest absolute Gasteiger partial charge is 0.123 e. The second-order valence-electron chi connectivity index (χ2n) is 3.75. The zero-order valence-corrected chi connectivity index (χ0v) is 9.71. The number of rotatable bonds is 5. The molecule has 1 aromatic rings. The van der Waals surface area contributed by atoms with Gasteiger partial charge in [-0.15, -0.1) is 0 Å². The molecule has 0 saturated carbocycles. The Kier molecular flexibility index (Phi) is 4.59. The van der Waals surface area contributed by atoms with Crippen LogP contribution in [0.25, 0.3) is 0 Å². The SMILES string of the molecule is CCCC(NN)c1ccc(C)cc1OC. The molecule has 1 aromatic carbocycles. The maximum absolute atomic E-state index is 5.55. The molecule has 84 valence electrons. The largest absolute Gasteiger partial charge is 0.496 e. The summed E-state index contributed by atoms with van der Waals surface area (Å²) in [5, 5.41) is 0. The Morgan fingerprint density at radius 1 is 1.47 bits per heavy atom. The van der Waals surface area contributed by atoms with Gasteiger partial charge in [0.25, 0.3) is 0 Å². The van der Waals surface area contributed by atoms with Crippen molar-refractivity contribution in [1.29, 1.82) is 0 Å². The first-order valence-electron chi connectivity index (χ1n) is 5.33. The zero-order chi connectivity index (χ0) is 11.3. The van der Waals surface area contributed by atoms with Crippen molar-refractivity contribution < 1.29 is 4.74 Å². The van der Waals surface area contributed by atoms with E-state index < -0.39 is 0 Å². The minimum absolute atomic E-state index is 0.172. The summed E-state index contributed by atoms with van der Waals surface area (Å²) in [6.45, 7) is 4.20. The van der Waals surface area contributed by atoms with Gasteiger partial charge in [-0.2, -0.15) is 0 Å². The standard InChI is InChI=1S/C12H20N2O/c1-4-5-11(14-13)10-7-6-9(2)8-12(10)15-3/h6-8,11,14H,4-5,13H2,1-3H3. The molecule has 0 aliphatic heterocycles. The van der Waals surface area contributed by atoms with E-state index in [0.717, 1.165) is 24.2 Å². The summed E-state index contributed by atoms with van der Waals surface area (Å²) in [5.41, 5.74) is 5.16. The van der Waals surface area contributed by atoms with Crippen LogP contribution < -0.4 is 16.0 Å². The lowest BCUT2D eigenvalue weighted by Gasteiger charge is -2.18. The Morgan fingerprint density at radius 3 is 2.73 bits per heavy atom. The van der Waals surface area contributed by atoms with Gasteiger partial charge in [-0.05, 0) is 25.0 Å². The minimum atomic E-state index is 0.172.